The molecule has 2 unspecified atom stereocenters. The first-order valence-electron chi connectivity index (χ1n) is 8.41. The van der Waals surface area contributed by atoms with Gasteiger partial charge in [-0.3, -0.25) is 14.5 Å². The Morgan fingerprint density at radius 1 is 1.25 bits per heavy atom. The van der Waals surface area contributed by atoms with Gasteiger partial charge in [0.15, 0.2) is 5.76 Å². The molecular formula is C17H25N3O4. The Bertz CT molecular complexity index is 613. The van der Waals surface area contributed by atoms with Crippen LogP contribution in [0.4, 0.5) is 0 Å². The van der Waals surface area contributed by atoms with E-state index in [-0.39, 0.29) is 30.2 Å². The molecule has 3 fully saturated rings. The summed E-state index contributed by atoms with van der Waals surface area (Å²) < 4.78 is 5.40. The maximum atomic E-state index is 12.8. The highest BCUT2D eigenvalue weighted by Gasteiger charge is 2.38. The highest BCUT2D eigenvalue weighted by molar-refractivity contribution is 5.92. The van der Waals surface area contributed by atoms with Crippen LogP contribution in [0.2, 0.25) is 0 Å². The van der Waals surface area contributed by atoms with E-state index in [0.29, 0.717) is 24.8 Å². The summed E-state index contributed by atoms with van der Waals surface area (Å²) in [5.74, 6) is 1.03. The molecule has 3 aliphatic heterocycles. The van der Waals surface area contributed by atoms with Crippen LogP contribution in [0.5, 0.6) is 0 Å². The van der Waals surface area contributed by atoms with E-state index in [1.807, 2.05) is 4.90 Å². The van der Waals surface area contributed by atoms with E-state index < -0.39 is 0 Å². The van der Waals surface area contributed by atoms with Gasteiger partial charge < -0.3 is 19.3 Å². The predicted octanol–water partition coefficient (Wildman–Crippen LogP) is 0.397. The molecule has 1 N–H and O–H groups in total. The van der Waals surface area contributed by atoms with Crippen molar-refractivity contribution in [3.63, 3.8) is 0 Å². The van der Waals surface area contributed by atoms with Gasteiger partial charge >= 0.3 is 0 Å². The van der Waals surface area contributed by atoms with Crippen LogP contribution in [0.25, 0.3) is 0 Å². The van der Waals surface area contributed by atoms with Crippen molar-refractivity contribution in [1.29, 1.82) is 0 Å². The number of carbonyl (C=O) groups is 2. The fourth-order valence-corrected chi connectivity index (χ4v) is 3.61. The van der Waals surface area contributed by atoms with Gasteiger partial charge in [0.05, 0.1) is 6.54 Å². The zero-order chi connectivity index (χ0) is 17.3. The first kappa shape index (κ1) is 17.0. The molecule has 0 aliphatic carbocycles. The Balaban J connectivity index is 1.71. The van der Waals surface area contributed by atoms with Crippen molar-refractivity contribution in [3.05, 3.63) is 23.7 Å². The highest BCUT2D eigenvalue weighted by atomic mass is 16.4. The van der Waals surface area contributed by atoms with E-state index in [4.69, 9.17) is 9.52 Å². The summed E-state index contributed by atoms with van der Waals surface area (Å²) >= 11 is 0. The van der Waals surface area contributed by atoms with Gasteiger partial charge in [0.2, 0.25) is 5.91 Å². The topological polar surface area (TPSA) is 77.2 Å². The first-order valence-corrected chi connectivity index (χ1v) is 8.41. The van der Waals surface area contributed by atoms with E-state index in [1.165, 1.54) is 0 Å². The predicted molar refractivity (Wildman–Crippen MR) is 87.3 cm³/mol. The smallest absolute Gasteiger partial charge is 0.289 e. The van der Waals surface area contributed by atoms with Crippen molar-refractivity contribution in [2.75, 3.05) is 40.3 Å². The second kappa shape index (κ2) is 6.94. The monoisotopic (exact) mass is 335 g/mol. The van der Waals surface area contributed by atoms with Crippen LogP contribution >= 0.6 is 0 Å². The molecule has 1 aromatic rings. The molecular weight excluding hydrogens is 310 g/mol. The summed E-state index contributed by atoms with van der Waals surface area (Å²) in [6.07, 6.45) is 2.04. The lowest BCUT2D eigenvalue weighted by Crippen LogP contribution is -2.47. The summed E-state index contributed by atoms with van der Waals surface area (Å²) in [7, 11) is 3.53. The van der Waals surface area contributed by atoms with E-state index in [0.717, 1.165) is 25.9 Å². The largest absolute Gasteiger partial charge is 0.453 e. The van der Waals surface area contributed by atoms with Gasteiger partial charge in [-0.25, -0.2) is 0 Å². The molecule has 2 bridgehead atoms. The van der Waals surface area contributed by atoms with Crippen LogP contribution in [0, 0.1) is 5.92 Å². The normalized spacial score (nSPS) is 24.0. The van der Waals surface area contributed by atoms with Crippen LogP contribution in [-0.2, 0) is 11.4 Å². The molecule has 0 spiro atoms. The van der Waals surface area contributed by atoms with Gasteiger partial charge in [-0.2, -0.15) is 0 Å². The number of likely N-dealkylation sites (N-methyl/N-ethyl adjacent to an activating group) is 1. The van der Waals surface area contributed by atoms with Crippen molar-refractivity contribution in [1.82, 2.24) is 14.7 Å². The van der Waals surface area contributed by atoms with Crippen LogP contribution in [0.3, 0.4) is 0 Å². The maximum Gasteiger partial charge on any atom is 0.289 e. The number of furan rings is 1. The molecule has 1 aromatic heterocycles. The standard InChI is InChI=1S/C17H25N3O4/c1-18(2)16(22)10-19-7-12-3-4-13(9-19)20(8-12)17(23)15-6-5-14(11-21)24-15/h5-6,12-13,21H,3-4,7-11H2,1-2H3. The van der Waals surface area contributed by atoms with E-state index in [1.54, 1.807) is 31.1 Å². The molecule has 2 atom stereocenters. The van der Waals surface area contributed by atoms with Crippen LogP contribution in [0.15, 0.2) is 16.5 Å². The lowest BCUT2D eigenvalue weighted by molar-refractivity contribution is -0.129. The number of fused-ring (bicyclic) bond motifs is 4. The zero-order valence-electron chi connectivity index (χ0n) is 14.3. The number of hydrogen-bond donors (Lipinski definition) is 1. The average molecular weight is 335 g/mol. The fraction of sp³-hybridized carbons (Fsp3) is 0.647. The number of rotatable bonds is 4. The molecule has 0 radical (unpaired) electrons. The molecule has 4 rings (SSSR count). The number of amides is 2. The van der Waals surface area contributed by atoms with Gasteiger partial charge in [-0.15, -0.1) is 0 Å². The average Bonchev–Trinajstić information content (AvgIpc) is 2.88. The molecule has 7 nitrogen and oxygen atoms in total. The minimum Gasteiger partial charge on any atom is -0.453 e. The molecule has 0 aromatic carbocycles. The van der Waals surface area contributed by atoms with Crippen LogP contribution < -0.4 is 0 Å². The van der Waals surface area contributed by atoms with Crippen LogP contribution in [-0.4, -0.2) is 77.9 Å². The lowest BCUT2D eigenvalue weighted by atomic mass is 9.95. The van der Waals surface area contributed by atoms with Gasteiger partial charge in [-0.1, -0.05) is 0 Å². The van der Waals surface area contributed by atoms with E-state index >= 15 is 0 Å². The Kier molecular flexibility index (Phi) is 4.91. The Morgan fingerprint density at radius 2 is 2.04 bits per heavy atom. The molecule has 7 heteroatoms. The van der Waals surface area contributed by atoms with E-state index in [2.05, 4.69) is 4.90 Å². The molecule has 24 heavy (non-hydrogen) atoms. The first-order chi connectivity index (χ1) is 11.5. The van der Waals surface area contributed by atoms with Crippen molar-refractivity contribution < 1.29 is 19.1 Å². The van der Waals surface area contributed by atoms with Gasteiger partial charge in [-0.05, 0) is 30.9 Å². The SMILES string of the molecule is CN(C)C(=O)CN1CC2CCC(C1)N(C(=O)c1ccc(CO)o1)C2. The number of carbonyl (C=O) groups excluding carboxylic acids is 2. The third-order valence-electron chi connectivity index (χ3n) is 4.94. The fourth-order valence-electron chi connectivity index (χ4n) is 3.61. The minimum atomic E-state index is -0.209. The summed E-state index contributed by atoms with van der Waals surface area (Å²) in [6, 6.07) is 3.36. The van der Waals surface area contributed by atoms with Crippen molar-refractivity contribution in [2.45, 2.75) is 25.5 Å². The molecule has 132 valence electrons. The number of aliphatic hydroxyl groups is 1. The van der Waals surface area contributed by atoms with Gasteiger partial charge in [0.25, 0.3) is 5.91 Å². The van der Waals surface area contributed by atoms with Crippen molar-refractivity contribution in [3.8, 4) is 0 Å². The molecule has 4 heterocycles. The second-order valence-electron chi connectivity index (χ2n) is 6.96. The highest BCUT2D eigenvalue weighted by Crippen LogP contribution is 2.29. The second-order valence-corrected chi connectivity index (χ2v) is 6.96. The number of aliphatic hydroxyl groups excluding tert-OH is 1. The number of nitrogens with zero attached hydrogens (tertiary/aromatic N) is 3. The lowest BCUT2D eigenvalue weighted by Gasteiger charge is -2.35. The summed E-state index contributed by atoms with van der Waals surface area (Å²) in [5.41, 5.74) is 0. The summed E-state index contributed by atoms with van der Waals surface area (Å²) in [5, 5.41) is 9.10. The number of hydrogen-bond acceptors (Lipinski definition) is 5. The third kappa shape index (κ3) is 3.47. The maximum absolute atomic E-state index is 12.8. The number of piperidine rings is 1. The zero-order valence-corrected chi connectivity index (χ0v) is 14.3. The van der Waals surface area contributed by atoms with E-state index in [9.17, 15) is 9.59 Å². The molecule has 3 aliphatic rings. The summed E-state index contributed by atoms with van der Waals surface area (Å²) in [6.45, 7) is 2.46. The molecule has 2 amide bonds. The summed E-state index contributed by atoms with van der Waals surface area (Å²) in [4.78, 5) is 30.4. The minimum absolute atomic E-state index is 0.0906. The van der Waals surface area contributed by atoms with Gasteiger partial charge in [0, 0.05) is 39.8 Å². The molecule has 0 saturated carbocycles. The van der Waals surface area contributed by atoms with Crippen LogP contribution in [0.1, 0.15) is 29.2 Å². The quantitative estimate of drug-likeness (QED) is 0.862. The Morgan fingerprint density at radius 3 is 2.71 bits per heavy atom. The Labute approximate surface area is 141 Å². The van der Waals surface area contributed by atoms with Gasteiger partial charge in [0.1, 0.15) is 12.4 Å². The Hall–Kier alpha value is -1.86. The molecule has 3 saturated heterocycles. The van der Waals surface area contributed by atoms with Crippen molar-refractivity contribution in [2.24, 2.45) is 5.92 Å². The van der Waals surface area contributed by atoms with Crippen molar-refractivity contribution >= 4 is 11.8 Å². The third-order valence-corrected chi connectivity index (χ3v) is 4.94.